The van der Waals surface area contributed by atoms with Crippen LogP contribution >= 0.6 is 23.2 Å². The van der Waals surface area contributed by atoms with Crippen molar-refractivity contribution in [3.8, 4) is 0 Å². The molecule has 3 aromatic rings. The Morgan fingerprint density at radius 1 is 1.09 bits per heavy atom. The van der Waals surface area contributed by atoms with Crippen molar-refractivity contribution in [2.45, 2.75) is 33.1 Å². The van der Waals surface area contributed by atoms with Crippen LogP contribution in [0.5, 0.6) is 0 Å². The predicted molar refractivity (Wildman–Crippen MR) is 134 cm³/mol. The topological polar surface area (TPSA) is 36.3 Å². The average Bonchev–Trinajstić information content (AvgIpc) is 3.49. The number of allylic oxidation sites excluding steroid dienone is 1. The average molecular weight is 471 g/mol. The molecule has 1 saturated heterocycles. The number of nitrogens with zero attached hydrogens (tertiary/aromatic N) is 2. The first-order valence-electron chi connectivity index (χ1n) is 10.8. The second kappa shape index (κ2) is 12.3. The van der Waals surface area contributed by atoms with Crippen LogP contribution < -0.4 is 10.9 Å². The summed E-state index contributed by atoms with van der Waals surface area (Å²) in [7, 11) is 0. The Kier molecular flexibility index (Phi) is 9.43. The number of benzene rings is 2. The highest BCUT2D eigenvalue weighted by Gasteiger charge is 2.26. The molecule has 0 saturated carbocycles. The fraction of sp³-hybridized carbons (Fsp3) is 0.320. The van der Waals surface area contributed by atoms with E-state index in [4.69, 9.17) is 32.7 Å². The lowest BCUT2D eigenvalue weighted by molar-refractivity contribution is -0.0884. The van der Waals surface area contributed by atoms with Gasteiger partial charge >= 0.3 is 0 Å². The van der Waals surface area contributed by atoms with Gasteiger partial charge in [0.05, 0.1) is 19.5 Å². The summed E-state index contributed by atoms with van der Waals surface area (Å²) in [6, 6.07) is 15.6. The quantitative estimate of drug-likeness (QED) is 0.456. The van der Waals surface area contributed by atoms with Gasteiger partial charge in [-0.2, -0.15) is 0 Å². The van der Waals surface area contributed by atoms with Gasteiger partial charge in [0.1, 0.15) is 0 Å². The number of hydrogen-bond donors (Lipinski definition) is 0. The molecule has 168 valence electrons. The maximum Gasteiger partial charge on any atom is 0.240 e. The lowest BCUT2D eigenvalue weighted by Gasteiger charge is -2.20. The molecule has 2 aromatic carbocycles. The van der Waals surface area contributed by atoms with Crippen LogP contribution in [-0.4, -0.2) is 35.8 Å². The molecule has 1 fully saturated rings. The molecule has 1 aliphatic rings. The van der Waals surface area contributed by atoms with Crippen molar-refractivity contribution in [3.63, 3.8) is 0 Å². The number of hydrogen-bond acceptors (Lipinski definition) is 3. The molecule has 1 atom stereocenters. The third-order valence-corrected chi connectivity index (χ3v) is 6.18. The zero-order valence-electron chi connectivity index (χ0n) is 18.6. The summed E-state index contributed by atoms with van der Waals surface area (Å²) < 4.78 is 13.1. The molecule has 0 radical (unpaired) electrons. The van der Waals surface area contributed by atoms with E-state index in [0.717, 1.165) is 52.6 Å². The molecule has 0 amide bonds. The minimum atomic E-state index is -0.0256. The fourth-order valence-corrected chi connectivity index (χ4v) is 4.33. The fourth-order valence-electron chi connectivity index (χ4n) is 3.84. The third-order valence-electron chi connectivity index (χ3n) is 5.49. The molecule has 4 rings (SSSR count). The van der Waals surface area contributed by atoms with Crippen molar-refractivity contribution in [1.29, 1.82) is 0 Å². The van der Waals surface area contributed by atoms with E-state index in [1.165, 1.54) is 0 Å². The Labute approximate surface area is 201 Å². The molecular weight excluding hydrogens is 442 g/mol. The van der Waals surface area contributed by atoms with Gasteiger partial charge in [-0.15, -0.1) is 12.1 Å². The lowest BCUT2D eigenvalue weighted by Crippen LogP contribution is -2.44. The van der Waals surface area contributed by atoms with Gasteiger partial charge in [-0.25, -0.2) is 4.98 Å². The number of imidazole rings is 1. The summed E-state index contributed by atoms with van der Waals surface area (Å²) in [6.07, 6.45) is 6.63. The van der Waals surface area contributed by atoms with Gasteiger partial charge in [-0.05, 0) is 18.6 Å². The largest absolute Gasteiger partial charge is 0.350 e. The zero-order valence-corrected chi connectivity index (χ0v) is 20.1. The highest BCUT2D eigenvalue weighted by Crippen LogP contribution is 2.19. The zero-order chi connectivity index (χ0) is 22.9. The van der Waals surface area contributed by atoms with Crippen molar-refractivity contribution in [2.24, 2.45) is 5.92 Å². The third kappa shape index (κ3) is 6.49. The second-order valence-electron chi connectivity index (χ2n) is 7.86. The summed E-state index contributed by atoms with van der Waals surface area (Å²) in [6.45, 7) is 10.6. The van der Waals surface area contributed by atoms with Crippen LogP contribution in [-0.2, 0) is 16.0 Å². The first-order valence-corrected chi connectivity index (χ1v) is 11.6. The Balaban J connectivity index is 0.000000186. The van der Waals surface area contributed by atoms with Gasteiger partial charge < -0.3 is 14.0 Å². The van der Waals surface area contributed by atoms with Gasteiger partial charge in [0.15, 0.2) is 6.29 Å². The number of halogens is 2. The normalized spacial score (nSPS) is 14.5. The van der Waals surface area contributed by atoms with Gasteiger partial charge in [-0.3, -0.25) is 0 Å². The highest BCUT2D eigenvalue weighted by molar-refractivity contribution is 6.93. The Hall–Kier alpha value is -2.05. The summed E-state index contributed by atoms with van der Waals surface area (Å²) in [4.78, 5) is 4.02. The maximum absolute atomic E-state index is 6.28. The van der Waals surface area contributed by atoms with E-state index >= 15 is 0 Å². The van der Waals surface area contributed by atoms with Crippen LogP contribution in [0.2, 0.25) is 10.0 Å². The first kappa shape index (κ1) is 24.6. The smallest absolute Gasteiger partial charge is 0.240 e. The Morgan fingerprint density at radius 3 is 2.09 bits per heavy atom. The van der Waals surface area contributed by atoms with Crippen molar-refractivity contribution in [2.75, 3.05) is 13.2 Å². The summed E-state index contributed by atoms with van der Waals surface area (Å²) in [5, 5.41) is 1.48. The monoisotopic (exact) mass is 470 g/mol. The van der Waals surface area contributed by atoms with E-state index in [1.54, 1.807) is 6.20 Å². The van der Waals surface area contributed by atoms with Crippen molar-refractivity contribution in [1.82, 2.24) is 9.55 Å². The molecular formula is C25H29BCl2N2O2. The van der Waals surface area contributed by atoms with Crippen molar-refractivity contribution in [3.05, 3.63) is 89.3 Å². The van der Waals surface area contributed by atoms with E-state index in [1.807, 2.05) is 68.0 Å². The van der Waals surface area contributed by atoms with Crippen molar-refractivity contribution < 1.29 is 9.47 Å². The Morgan fingerprint density at radius 2 is 1.66 bits per heavy atom. The standard InChI is InChI=1S/C15H13BCl2.C10H16N2O2/c1-11(2)16(12-7-3-5-9-14(12)17)13-8-4-6-10-15(13)18;1-2-9(10-13-5-6-14-10)7-12-4-3-11-8-12/h3-10H,1H2,2H3;3-4,8-10H,2,5-7H2,1H3. The second-order valence-corrected chi connectivity index (χ2v) is 8.67. The highest BCUT2D eigenvalue weighted by atomic mass is 35.5. The van der Waals surface area contributed by atoms with Crippen LogP contribution in [0.1, 0.15) is 20.3 Å². The molecule has 0 spiro atoms. The summed E-state index contributed by atoms with van der Waals surface area (Å²) in [5.74, 6) is 0.423. The molecule has 32 heavy (non-hydrogen) atoms. The minimum absolute atomic E-state index is 0.0256. The van der Waals surface area contributed by atoms with Crippen LogP contribution in [0.25, 0.3) is 0 Å². The molecule has 7 heteroatoms. The molecule has 0 aliphatic carbocycles. The number of ether oxygens (including phenoxy) is 2. The number of rotatable bonds is 7. The van der Waals surface area contributed by atoms with Crippen LogP contribution in [0, 0.1) is 5.92 Å². The lowest BCUT2D eigenvalue weighted by atomic mass is 9.37. The SMILES string of the molecule is C=C(C)B(c1ccccc1Cl)c1ccccc1Cl.CCC(Cn1ccnc1)C1OCCO1. The van der Waals surface area contributed by atoms with Crippen molar-refractivity contribution >= 4 is 40.8 Å². The maximum atomic E-state index is 6.28. The molecule has 1 unspecified atom stereocenters. The predicted octanol–water partition coefficient (Wildman–Crippen LogP) is 5.00. The van der Waals surface area contributed by atoms with Crippen LogP contribution in [0.15, 0.2) is 79.3 Å². The van der Waals surface area contributed by atoms with E-state index in [-0.39, 0.29) is 13.0 Å². The molecule has 1 aliphatic heterocycles. The van der Waals surface area contributed by atoms with E-state index in [9.17, 15) is 0 Å². The van der Waals surface area contributed by atoms with Crippen LogP contribution in [0.4, 0.5) is 0 Å². The Bertz CT molecular complexity index is 946. The molecule has 0 bridgehead atoms. The summed E-state index contributed by atoms with van der Waals surface area (Å²) >= 11 is 12.6. The van der Waals surface area contributed by atoms with Gasteiger partial charge in [0.2, 0.25) is 6.71 Å². The molecule has 4 nitrogen and oxygen atoms in total. The van der Waals surface area contributed by atoms with Gasteiger partial charge in [0, 0.05) is 34.9 Å². The molecule has 1 aromatic heterocycles. The molecule has 2 heterocycles. The van der Waals surface area contributed by atoms with Crippen LogP contribution in [0.3, 0.4) is 0 Å². The van der Waals surface area contributed by atoms with Gasteiger partial charge in [0.25, 0.3) is 0 Å². The number of aromatic nitrogens is 2. The van der Waals surface area contributed by atoms with Gasteiger partial charge in [-0.1, -0.05) is 84.4 Å². The summed E-state index contributed by atoms with van der Waals surface area (Å²) in [5.41, 5.74) is 3.11. The molecule has 0 N–H and O–H groups in total. The van der Waals surface area contributed by atoms with E-state index in [2.05, 4.69) is 23.1 Å². The first-order chi connectivity index (χ1) is 15.5. The van der Waals surface area contributed by atoms with E-state index < -0.39 is 0 Å². The van der Waals surface area contributed by atoms with E-state index in [0.29, 0.717) is 5.92 Å². The minimum Gasteiger partial charge on any atom is -0.350 e.